The van der Waals surface area contributed by atoms with Crippen LogP contribution in [-0.2, 0) is 14.8 Å². The number of nitrogens with one attached hydrogen (secondary N) is 1. The van der Waals surface area contributed by atoms with Gasteiger partial charge in [0.25, 0.3) is 5.91 Å². The second-order valence-corrected chi connectivity index (χ2v) is 11.6. The Morgan fingerprint density at radius 3 is 2.10 bits per heavy atom. The Morgan fingerprint density at radius 1 is 1.06 bits per heavy atom. The van der Waals surface area contributed by atoms with Crippen LogP contribution in [0.5, 0.6) is 0 Å². The maximum Gasteiger partial charge on any atom is 0.253 e. The summed E-state index contributed by atoms with van der Waals surface area (Å²) < 4.78 is 25.5. The molecule has 1 aromatic carbocycles. The van der Waals surface area contributed by atoms with Crippen LogP contribution in [0.1, 0.15) is 37.0 Å². The fraction of sp³-hybridized carbons (Fsp3) is 0.636. The van der Waals surface area contributed by atoms with Gasteiger partial charge in [-0.2, -0.15) is 0 Å². The molecule has 31 heavy (non-hydrogen) atoms. The van der Waals surface area contributed by atoms with Crippen molar-refractivity contribution >= 4 is 21.8 Å². The molecule has 0 bridgehead atoms. The topological polar surface area (TPSA) is 90.0 Å². The normalized spacial score (nSPS) is 16.1. The summed E-state index contributed by atoms with van der Waals surface area (Å²) in [6.07, 6.45) is 1.25. The number of carbonyl (C=O) groups excluding carboxylic acids is 2. The van der Waals surface area contributed by atoms with E-state index in [0.717, 1.165) is 10.8 Å². The molecule has 0 aliphatic carbocycles. The minimum Gasteiger partial charge on any atom is -0.355 e. The fourth-order valence-corrected chi connectivity index (χ4v) is 4.79. The highest BCUT2D eigenvalue weighted by Gasteiger charge is 2.29. The van der Waals surface area contributed by atoms with Crippen LogP contribution >= 0.6 is 0 Å². The van der Waals surface area contributed by atoms with Gasteiger partial charge in [0.15, 0.2) is 0 Å². The van der Waals surface area contributed by atoms with Gasteiger partial charge in [-0.05, 0) is 56.6 Å². The predicted octanol–water partition coefficient (Wildman–Crippen LogP) is 1.49. The lowest BCUT2D eigenvalue weighted by atomic mass is 9.91. The lowest BCUT2D eigenvalue weighted by molar-refractivity contribution is -0.126. The molecule has 9 heteroatoms. The van der Waals surface area contributed by atoms with E-state index in [0.29, 0.717) is 38.0 Å². The second-order valence-electron chi connectivity index (χ2n) is 9.50. The number of nitrogens with zero attached hydrogens (tertiary/aromatic N) is 3. The first-order valence-electron chi connectivity index (χ1n) is 10.6. The van der Waals surface area contributed by atoms with Crippen molar-refractivity contribution in [2.75, 3.05) is 54.4 Å². The number of likely N-dealkylation sites (tertiary alicyclic amines) is 1. The lowest BCUT2D eigenvalue weighted by Gasteiger charge is -2.33. The summed E-state index contributed by atoms with van der Waals surface area (Å²) >= 11 is 0. The molecule has 1 aliphatic rings. The van der Waals surface area contributed by atoms with E-state index < -0.39 is 10.0 Å². The number of hydrogen-bond acceptors (Lipinski definition) is 5. The summed E-state index contributed by atoms with van der Waals surface area (Å²) in [4.78, 5) is 29.4. The highest BCUT2D eigenvalue weighted by atomic mass is 32.2. The van der Waals surface area contributed by atoms with Gasteiger partial charge in [0.05, 0.1) is 4.90 Å². The number of amides is 2. The molecule has 1 aliphatic heterocycles. The SMILES string of the molecule is CN(C)CC(C)(C)CNC(=O)C1CCN(C(=O)c2ccc(S(=O)(=O)N(C)C)cc2)CC1. The van der Waals surface area contributed by atoms with Crippen molar-refractivity contribution in [3.8, 4) is 0 Å². The number of sulfonamides is 1. The van der Waals surface area contributed by atoms with Crippen LogP contribution in [0.4, 0.5) is 0 Å². The zero-order valence-electron chi connectivity index (χ0n) is 19.5. The maximum atomic E-state index is 12.8. The smallest absolute Gasteiger partial charge is 0.253 e. The molecule has 8 nitrogen and oxygen atoms in total. The van der Waals surface area contributed by atoms with Crippen molar-refractivity contribution < 1.29 is 18.0 Å². The Labute approximate surface area is 186 Å². The number of benzene rings is 1. The zero-order valence-corrected chi connectivity index (χ0v) is 20.3. The fourth-order valence-electron chi connectivity index (χ4n) is 3.89. The molecule has 2 amide bonds. The number of hydrogen-bond donors (Lipinski definition) is 1. The third-order valence-electron chi connectivity index (χ3n) is 5.52. The molecule has 2 rings (SSSR count). The summed E-state index contributed by atoms with van der Waals surface area (Å²) in [5.41, 5.74) is 0.438. The molecule has 174 valence electrons. The van der Waals surface area contributed by atoms with Crippen molar-refractivity contribution in [2.45, 2.75) is 31.6 Å². The molecule has 0 radical (unpaired) electrons. The summed E-state index contributed by atoms with van der Waals surface area (Å²) in [6, 6.07) is 6.01. The van der Waals surface area contributed by atoms with Crippen LogP contribution in [0.2, 0.25) is 0 Å². The maximum absolute atomic E-state index is 12.8. The van der Waals surface area contributed by atoms with Crippen LogP contribution in [-0.4, -0.2) is 88.7 Å². The molecule has 0 spiro atoms. The van der Waals surface area contributed by atoms with Gasteiger partial charge in [0, 0.05) is 51.8 Å². The third kappa shape index (κ3) is 6.75. The Kier molecular flexibility index (Phi) is 8.24. The molecule has 1 fully saturated rings. The number of carbonyl (C=O) groups is 2. The van der Waals surface area contributed by atoms with E-state index in [1.807, 2.05) is 14.1 Å². The van der Waals surface area contributed by atoms with Crippen LogP contribution in [0.3, 0.4) is 0 Å². The zero-order chi connectivity index (χ0) is 23.4. The minimum absolute atomic E-state index is 0.0119. The van der Waals surface area contributed by atoms with Crippen molar-refractivity contribution in [1.82, 2.24) is 19.4 Å². The molecule has 1 heterocycles. The number of piperidine rings is 1. The first kappa shape index (κ1) is 25.3. The van der Waals surface area contributed by atoms with E-state index in [1.165, 1.54) is 26.2 Å². The van der Waals surface area contributed by atoms with E-state index >= 15 is 0 Å². The van der Waals surface area contributed by atoms with Crippen molar-refractivity contribution in [3.05, 3.63) is 29.8 Å². The molecular formula is C22H36N4O4S. The molecule has 0 unspecified atom stereocenters. The highest BCUT2D eigenvalue weighted by Crippen LogP contribution is 2.21. The Morgan fingerprint density at radius 2 is 1.61 bits per heavy atom. The summed E-state index contributed by atoms with van der Waals surface area (Å²) in [7, 11) is 3.46. The van der Waals surface area contributed by atoms with E-state index in [9.17, 15) is 18.0 Å². The van der Waals surface area contributed by atoms with Crippen LogP contribution in [0.15, 0.2) is 29.2 Å². The molecule has 1 aromatic rings. The summed E-state index contributed by atoms with van der Waals surface area (Å²) in [5.74, 6) is -0.177. The molecule has 0 saturated carbocycles. The van der Waals surface area contributed by atoms with Gasteiger partial charge in [-0.25, -0.2) is 12.7 Å². The van der Waals surface area contributed by atoms with Crippen LogP contribution < -0.4 is 5.32 Å². The first-order valence-corrected chi connectivity index (χ1v) is 12.0. The standard InChI is InChI=1S/C22H36N4O4S/c1-22(2,16-24(3)4)15-23-20(27)17-11-13-26(14-12-17)21(28)18-7-9-19(10-8-18)31(29,30)25(5)6/h7-10,17H,11-16H2,1-6H3,(H,23,27). The van der Waals surface area contributed by atoms with E-state index in [2.05, 4.69) is 24.1 Å². The van der Waals surface area contributed by atoms with Gasteiger partial charge in [0.2, 0.25) is 15.9 Å². The van der Waals surface area contributed by atoms with E-state index in [-0.39, 0.29) is 28.0 Å². The Hall–Kier alpha value is -1.97. The van der Waals surface area contributed by atoms with Gasteiger partial charge in [0.1, 0.15) is 0 Å². The van der Waals surface area contributed by atoms with Crippen molar-refractivity contribution in [3.63, 3.8) is 0 Å². The number of rotatable bonds is 8. The van der Waals surface area contributed by atoms with E-state index in [1.54, 1.807) is 17.0 Å². The average Bonchev–Trinajstić information content (AvgIpc) is 2.70. The second kappa shape index (κ2) is 10.1. The van der Waals surface area contributed by atoms with Gasteiger partial charge in [-0.3, -0.25) is 9.59 Å². The van der Waals surface area contributed by atoms with Crippen LogP contribution in [0, 0.1) is 11.3 Å². The highest BCUT2D eigenvalue weighted by molar-refractivity contribution is 7.89. The largest absolute Gasteiger partial charge is 0.355 e. The van der Waals surface area contributed by atoms with Crippen LogP contribution in [0.25, 0.3) is 0 Å². The quantitative estimate of drug-likeness (QED) is 0.646. The predicted molar refractivity (Wildman–Crippen MR) is 121 cm³/mol. The van der Waals surface area contributed by atoms with Gasteiger partial charge in [-0.15, -0.1) is 0 Å². The van der Waals surface area contributed by atoms with E-state index in [4.69, 9.17) is 0 Å². The summed E-state index contributed by atoms with van der Waals surface area (Å²) in [5, 5.41) is 3.07. The Balaban J connectivity index is 1.89. The van der Waals surface area contributed by atoms with Gasteiger partial charge in [-0.1, -0.05) is 13.8 Å². The molecular weight excluding hydrogens is 416 g/mol. The average molecular weight is 453 g/mol. The minimum atomic E-state index is -3.52. The molecule has 1 saturated heterocycles. The summed E-state index contributed by atoms with van der Waals surface area (Å²) in [6.45, 7) is 6.78. The monoisotopic (exact) mass is 452 g/mol. The first-order chi connectivity index (χ1) is 14.3. The Bertz CT molecular complexity index is 871. The molecule has 1 N–H and O–H groups in total. The van der Waals surface area contributed by atoms with Gasteiger partial charge >= 0.3 is 0 Å². The van der Waals surface area contributed by atoms with Crippen molar-refractivity contribution in [2.24, 2.45) is 11.3 Å². The third-order valence-corrected chi connectivity index (χ3v) is 7.35. The van der Waals surface area contributed by atoms with Gasteiger partial charge < -0.3 is 15.1 Å². The molecule has 0 aromatic heterocycles. The molecule has 0 atom stereocenters. The van der Waals surface area contributed by atoms with Crippen molar-refractivity contribution in [1.29, 1.82) is 0 Å². The lowest BCUT2D eigenvalue weighted by Crippen LogP contribution is -2.46.